The summed E-state index contributed by atoms with van der Waals surface area (Å²) in [5.74, 6) is 1.36. The number of ether oxygens (including phenoxy) is 2. The van der Waals surface area contributed by atoms with Gasteiger partial charge in [0.05, 0.1) is 19.4 Å². The highest BCUT2D eigenvalue weighted by molar-refractivity contribution is 5.97. The van der Waals surface area contributed by atoms with Crippen molar-refractivity contribution in [3.63, 3.8) is 0 Å². The molecule has 0 atom stereocenters. The summed E-state index contributed by atoms with van der Waals surface area (Å²) in [7, 11) is 1.61. The SMILES string of the molecule is COc1cccc(CC(=O)c2cncc(OC(C)C)c2)c1. The molecular weight excluding hydrogens is 266 g/mol. The molecule has 0 spiro atoms. The first-order chi connectivity index (χ1) is 10.1. The van der Waals surface area contributed by atoms with Gasteiger partial charge in [-0.2, -0.15) is 0 Å². The summed E-state index contributed by atoms with van der Waals surface area (Å²) in [4.78, 5) is 16.4. The average Bonchev–Trinajstić information content (AvgIpc) is 2.47. The molecule has 0 saturated carbocycles. The molecule has 1 heterocycles. The van der Waals surface area contributed by atoms with E-state index in [9.17, 15) is 4.79 Å². The molecule has 0 bridgehead atoms. The lowest BCUT2D eigenvalue weighted by Crippen LogP contribution is -2.08. The lowest BCUT2D eigenvalue weighted by atomic mass is 10.0. The van der Waals surface area contributed by atoms with Gasteiger partial charge in [0.1, 0.15) is 11.5 Å². The van der Waals surface area contributed by atoms with Gasteiger partial charge in [-0.1, -0.05) is 12.1 Å². The maximum atomic E-state index is 12.3. The van der Waals surface area contributed by atoms with Crippen LogP contribution in [-0.4, -0.2) is 24.0 Å². The molecule has 4 heteroatoms. The van der Waals surface area contributed by atoms with E-state index >= 15 is 0 Å². The molecule has 21 heavy (non-hydrogen) atoms. The summed E-state index contributed by atoms with van der Waals surface area (Å²) >= 11 is 0. The molecule has 1 aromatic heterocycles. The third-order valence-corrected chi connectivity index (χ3v) is 2.91. The minimum absolute atomic E-state index is 0.00459. The Morgan fingerprint density at radius 3 is 2.71 bits per heavy atom. The number of methoxy groups -OCH3 is 1. The Morgan fingerprint density at radius 1 is 1.19 bits per heavy atom. The number of pyridine rings is 1. The summed E-state index contributed by atoms with van der Waals surface area (Å²) in [6, 6.07) is 9.22. The molecule has 0 amide bonds. The fraction of sp³-hybridized carbons (Fsp3) is 0.294. The number of hydrogen-bond acceptors (Lipinski definition) is 4. The zero-order chi connectivity index (χ0) is 15.2. The first kappa shape index (κ1) is 15.0. The van der Waals surface area contributed by atoms with Crippen molar-refractivity contribution in [3.05, 3.63) is 53.9 Å². The number of Topliss-reactive ketones (excluding diaryl/α,β-unsaturated/α-hetero) is 1. The third-order valence-electron chi connectivity index (χ3n) is 2.91. The van der Waals surface area contributed by atoms with Crippen LogP contribution >= 0.6 is 0 Å². The van der Waals surface area contributed by atoms with Crippen molar-refractivity contribution in [2.24, 2.45) is 0 Å². The fourth-order valence-electron chi connectivity index (χ4n) is 1.98. The maximum Gasteiger partial charge on any atom is 0.168 e. The maximum absolute atomic E-state index is 12.3. The van der Waals surface area contributed by atoms with Crippen LogP contribution in [-0.2, 0) is 6.42 Å². The number of aromatic nitrogens is 1. The predicted octanol–water partition coefficient (Wildman–Crippen LogP) is 3.30. The molecule has 110 valence electrons. The summed E-state index contributed by atoms with van der Waals surface area (Å²) in [5.41, 5.74) is 1.46. The van der Waals surface area contributed by atoms with Gasteiger partial charge in [0.25, 0.3) is 0 Å². The third kappa shape index (κ3) is 4.31. The van der Waals surface area contributed by atoms with Crippen molar-refractivity contribution < 1.29 is 14.3 Å². The number of carbonyl (C=O) groups is 1. The Morgan fingerprint density at radius 2 is 2.00 bits per heavy atom. The van der Waals surface area contributed by atoms with Crippen LogP contribution < -0.4 is 9.47 Å². The van der Waals surface area contributed by atoms with Gasteiger partial charge in [0.15, 0.2) is 5.78 Å². The Bertz CT molecular complexity index is 623. The van der Waals surface area contributed by atoms with E-state index < -0.39 is 0 Å². The Balaban J connectivity index is 2.12. The van der Waals surface area contributed by atoms with E-state index in [0.29, 0.717) is 17.7 Å². The molecule has 0 aliphatic heterocycles. The molecule has 0 radical (unpaired) electrons. The van der Waals surface area contributed by atoms with Crippen LogP contribution in [0.5, 0.6) is 11.5 Å². The van der Waals surface area contributed by atoms with Gasteiger partial charge in [-0.3, -0.25) is 9.78 Å². The Hall–Kier alpha value is -2.36. The normalized spacial score (nSPS) is 10.5. The van der Waals surface area contributed by atoms with Crippen molar-refractivity contribution in [3.8, 4) is 11.5 Å². The number of ketones is 1. The Kier molecular flexibility index (Phi) is 4.93. The van der Waals surface area contributed by atoms with Crippen LogP contribution in [0.4, 0.5) is 0 Å². The van der Waals surface area contributed by atoms with E-state index in [0.717, 1.165) is 11.3 Å². The molecule has 4 nitrogen and oxygen atoms in total. The molecule has 0 N–H and O–H groups in total. The van der Waals surface area contributed by atoms with Crippen LogP contribution in [0.1, 0.15) is 29.8 Å². The molecule has 0 saturated heterocycles. The van der Waals surface area contributed by atoms with Gasteiger partial charge in [-0.25, -0.2) is 0 Å². The zero-order valence-corrected chi connectivity index (χ0v) is 12.5. The number of nitrogens with zero attached hydrogens (tertiary/aromatic N) is 1. The second-order valence-corrected chi connectivity index (χ2v) is 5.03. The van der Waals surface area contributed by atoms with E-state index in [1.807, 2.05) is 38.1 Å². The molecule has 0 fully saturated rings. The highest BCUT2D eigenvalue weighted by atomic mass is 16.5. The van der Waals surface area contributed by atoms with Crippen LogP contribution in [0.3, 0.4) is 0 Å². The lowest BCUT2D eigenvalue weighted by Gasteiger charge is -2.10. The van der Waals surface area contributed by atoms with Crippen molar-refractivity contribution in [1.29, 1.82) is 0 Å². The second-order valence-electron chi connectivity index (χ2n) is 5.03. The zero-order valence-electron chi connectivity index (χ0n) is 12.5. The first-order valence-corrected chi connectivity index (χ1v) is 6.86. The molecule has 2 rings (SSSR count). The molecule has 0 aliphatic rings. The predicted molar refractivity (Wildman–Crippen MR) is 81.0 cm³/mol. The van der Waals surface area contributed by atoms with E-state index in [1.54, 1.807) is 25.6 Å². The summed E-state index contributed by atoms with van der Waals surface area (Å²) in [6.07, 6.45) is 3.54. The van der Waals surface area contributed by atoms with E-state index in [2.05, 4.69) is 4.98 Å². The topological polar surface area (TPSA) is 48.4 Å². The average molecular weight is 285 g/mol. The fourth-order valence-corrected chi connectivity index (χ4v) is 1.98. The molecule has 0 unspecified atom stereocenters. The standard InChI is InChI=1S/C17H19NO3/c1-12(2)21-16-9-14(10-18-11-16)17(19)8-13-5-4-6-15(7-13)20-3/h4-7,9-12H,8H2,1-3H3. The number of hydrogen-bond donors (Lipinski definition) is 0. The van der Waals surface area contributed by atoms with Crippen LogP contribution in [0.15, 0.2) is 42.7 Å². The van der Waals surface area contributed by atoms with E-state index in [1.165, 1.54) is 0 Å². The van der Waals surface area contributed by atoms with Gasteiger partial charge < -0.3 is 9.47 Å². The number of carbonyl (C=O) groups excluding carboxylic acids is 1. The van der Waals surface area contributed by atoms with Crippen molar-refractivity contribution in [2.45, 2.75) is 26.4 Å². The number of rotatable bonds is 6. The molecule has 2 aromatic rings. The highest BCUT2D eigenvalue weighted by Gasteiger charge is 2.10. The van der Waals surface area contributed by atoms with Crippen LogP contribution in [0.2, 0.25) is 0 Å². The minimum atomic E-state index is 0.00459. The summed E-state index contributed by atoms with van der Waals surface area (Å²) in [5, 5.41) is 0. The smallest absolute Gasteiger partial charge is 0.168 e. The second kappa shape index (κ2) is 6.88. The molecule has 0 aliphatic carbocycles. The van der Waals surface area contributed by atoms with Gasteiger partial charge in [0, 0.05) is 18.2 Å². The minimum Gasteiger partial charge on any atom is -0.497 e. The Labute approximate surface area is 124 Å². The molecular formula is C17H19NO3. The van der Waals surface area contributed by atoms with Crippen molar-refractivity contribution >= 4 is 5.78 Å². The van der Waals surface area contributed by atoms with E-state index in [-0.39, 0.29) is 11.9 Å². The largest absolute Gasteiger partial charge is 0.497 e. The van der Waals surface area contributed by atoms with Crippen LogP contribution in [0, 0.1) is 0 Å². The van der Waals surface area contributed by atoms with Gasteiger partial charge in [-0.15, -0.1) is 0 Å². The van der Waals surface area contributed by atoms with Crippen LogP contribution in [0.25, 0.3) is 0 Å². The quantitative estimate of drug-likeness (QED) is 0.764. The lowest BCUT2D eigenvalue weighted by molar-refractivity contribution is 0.0992. The van der Waals surface area contributed by atoms with Gasteiger partial charge in [0.2, 0.25) is 0 Å². The number of benzene rings is 1. The van der Waals surface area contributed by atoms with E-state index in [4.69, 9.17) is 9.47 Å². The van der Waals surface area contributed by atoms with Crippen molar-refractivity contribution in [2.75, 3.05) is 7.11 Å². The van der Waals surface area contributed by atoms with Gasteiger partial charge >= 0.3 is 0 Å². The summed E-state index contributed by atoms with van der Waals surface area (Å²) < 4.78 is 10.7. The molecule has 1 aromatic carbocycles. The van der Waals surface area contributed by atoms with Crippen molar-refractivity contribution in [1.82, 2.24) is 4.98 Å². The van der Waals surface area contributed by atoms with Gasteiger partial charge in [-0.05, 0) is 37.6 Å². The highest BCUT2D eigenvalue weighted by Crippen LogP contribution is 2.17. The monoisotopic (exact) mass is 285 g/mol. The first-order valence-electron chi connectivity index (χ1n) is 6.86. The summed E-state index contributed by atoms with van der Waals surface area (Å²) in [6.45, 7) is 3.87.